The number of para-hydroxylation sites is 3. The number of fused-ring (bicyclic) bond motifs is 6. The first-order valence-corrected chi connectivity index (χ1v) is 17.1. The van der Waals surface area contributed by atoms with E-state index in [1.54, 1.807) is 0 Å². The second-order valence-corrected chi connectivity index (χ2v) is 13.6. The molecule has 0 aliphatic rings. The predicted octanol–water partition coefficient (Wildman–Crippen LogP) is 13.4. The summed E-state index contributed by atoms with van der Waals surface area (Å²) in [6.45, 7) is 0. The summed E-state index contributed by atoms with van der Waals surface area (Å²) in [5, 5.41) is 5.16. The molecular formula is C42H28N2S2. The molecule has 9 rings (SSSR count). The molecule has 2 aromatic heterocycles. The number of benzene rings is 7. The number of rotatable bonds is 6. The summed E-state index contributed by atoms with van der Waals surface area (Å²) in [5.41, 5.74) is 6.88. The van der Waals surface area contributed by atoms with Crippen molar-refractivity contribution in [2.75, 3.05) is 9.80 Å². The maximum Gasteiger partial charge on any atom is 0.0554 e. The topological polar surface area (TPSA) is 6.48 Å². The zero-order valence-electron chi connectivity index (χ0n) is 24.9. The lowest BCUT2D eigenvalue weighted by atomic mass is 10.1. The molecule has 218 valence electrons. The minimum absolute atomic E-state index is 1.13. The smallest absolute Gasteiger partial charge is 0.0554 e. The summed E-state index contributed by atoms with van der Waals surface area (Å²) in [4.78, 5) is 4.77. The van der Waals surface area contributed by atoms with E-state index in [1.807, 2.05) is 22.7 Å². The largest absolute Gasteiger partial charge is 0.310 e. The van der Waals surface area contributed by atoms with Crippen molar-refractivity contribution in [2.24, 2.45) is 0 Å². The quantitative estimate of drug-likeness (QED) is 0.182. The zero-order valence-corrected chi connectivity index (χ0v) is 26.5. The maximum atomic E-state index is 2.43. The van der Waals surface area contributed by atoms with Crippen LogP contribution in [0.2, 0.25) is 0 Å². The van der Waals surface area contributed by atoms with Gasteiger partial charge in [0.05, 0.1) is 5.69 Å². The van der Waals surface area contributed by atoms with Crippen molar-refractivity contribution in [1.29, 1.82) is 0 Å². The molecule has 0 bridgehead atoms. The molecule has 46 heavy (non-hydrogen) atoms. The Balaban J connectivity index is 1.28. The van der Waals surface area contributed by atoms with Crippen molar-refractivity contribution < 1.29 is 0 Å². The third kappa shape index (κ3) is 4.54. The van der Waals surface area contributed by atoms with Crippen LogP contribution in [0.25, 0.3) is 40.3 Å². The van der Waals surface area contributed by atoms with Gasteiger partial charge in [-0.15, -0.1) is 22.7 Å². The van der Waals surface area contributed by atoms with E-state index in [-0.39, 0.29) is 0 Å². The van der Waals surface area contributed by atoms with E-state index >= 15 is 0 Å². The standard InChI is InChI=1S/C42H28N2S2/c1-4-13-29(14-5-1)43(30-15-6-2-7-16-30)32-24-26-39-36(27-32)42-37(20-12-22-40(42)45-39)44(31-17-8-3-9-18-31)33-23-25-35-34-19-10-11-21-38(34)46-41(35)28-33/h1-28H. The van der Waals surface area contributed by atoms with Crippen LogP contribution in [0.15, 0.2) is 170 Å². The van der Waals surface area contributed by atoms with Gasteiger partial charge in [-0.2, -0.15) is 0 Å². The van der Waals surface area contributed by atoms with Crippen molar-refractivity contribution in [3.8, 4) is 0 Å². The van der Waals surface area contributed by atoms with E-state index < -0.39 is 0 Å². The molecule has 0 radical (unpaired) electrons. The highest BCUT2D eigenvalue weighted by atomic mass is 32.1. The van der Waals surface area contributed by atoms with Crippen LogP contribution in [0.5, 0.6) is 0 Å². The Hall–Kier alpha value is -5.42. The van der Waals surface area contributed by atoms with Crippen molar-refractivity contribution in [1.82, 2.24) is 0 Å². The fourth-order valence-corrected chi connectivity index (χ4v) is 8.83. The molecular weight excluding hydrogens is 597 g/mol. The van der Waals surface area contributed by atoms with Gasteiger partial charge in [-0.05, 0) is 84.9 Å². The molecule has 7 aromatic carbocycles. The number of anilines is 6. The summed E-state index contributed by atoms with van der Waals surface area (Å²) in [6, 6.07) is 61.3. The van der Waals surface area contributed by atoms with Gasteiger partial charge in [0.2, 0.25) is 0 Å². The van der Waals surface area contributed by atoms with Crippen molar-refractivity contribution >= 4 is 97.1 Å². The molecule has 0 atom stereocenters. The second-order valence-electron chi connectivity index (χ2n) is 11.4. The fraction of sp³-hybridized carbons (Fsp3) is 0. The molecule has 0 amide bonds. The molecule has 2 heterocycles. The van der Waals surface area contributed by atoms with Gasteiger partial charge in [0.25, 0.3) is 0 Å². The first kappa shape index (κ1) is 26.9. The molecule has 0 saturated carbocycles. The van der Waals surface area contributed by atoms with E-state index in [0.29, 0.717) is 0 Å². The van der Waals surface area contributed by atoms with Gasteiger partial charge in [0.1, 0.15) is 0 Å². The molecule has 0 N–H and O–H groups in total. The zero-order chi connectivity index (χ0) is 30.5. The van der Waals surface area contributed by atoms with Gasteiger partial charge >= 0.3 is 0 Å². The van der Waals surface area contributed by atoms with Crippen LogP contribution in [-0.2, 0) is 0 Å². The molecule has 0 unspecified atom stereocenters. The van der Waals surface area contributed by atoms with Gasteiger partial charge in [0.15, 0.2) is 0 Å². The Morgan fingerprint density at radius 3 is 1.54 bits per heavy atom. The van der Waals surface area contributed by atoms with Crippen molar-refractivity contribution in [3.05, 3.63) is 170 Å². The lowest BCUT2D eigenvalue weighted by molar-refractivity contribution is 1.29. The van der Waals surface area contributed by atoms with Crippen LogP contribution < -0.4 is 9.80 Å². The highest BCUT2D eigenvalue weighted by molar-refractivity contribution is 7.26. The number of thiophene rings is 2. The van der Waals surface area contributed by atoms with Crippen LogP contribution >= 0.6 is 22.7 Å². The first-order valence-electron chi connectivity index (χ1n) is 15.4. The molecule has 4 heteroatoms. The molecule has 0 aliphatic heterocycles. The number of hydrogen-bond acceptors (Lipinski definition) is 4. The molecule has 0 aliphatic carbocycles. The average molecular weight is 625 g/mol. The summed E-state index contributed by atoms with van der Waals surface area (Å²) in [6.07, 6.45) is 0. The van der Waals surface area contributed by atoms with Crippen LogP contribution in [0.4, 0.5) is 34.1 Å². The Labute approximate surface area is 275 Å². The molecule has 0 saturated heterocycles. The van der Waals surface area contributed by atoms with E-state index in [1.165, 1.54) is 46.0 Å². The molecule has 2 nitrogen and oxygen atoms in total. The normalized spacial score (nSPS) is 11.5. The lowest BCUT2D eigenvalue weighted by Gasteiger charge is -2.27. The fourth-order valence-electron chi connectivity index (χ4n) is 6.58. The van der Waals surface area contributed by atoms with Crippen LogP contribution in [0.1, 0.15) is 0 Å². The number of hydrogen-bond donors (Lipinski definition) is 0. The van der Waals surface area contributed by atoms with Crippen LogP contribution in [0.3, 0.4) is 0 Å². The van der Waals surface area contributed by atoms with Gasteiger partial charge in [-0.25, -0.2) is 0 Å². The number of nitrogens with zero attached hydrogens (tertiary/aromatic N) is 2. The first-order chi connectivity index (χ1) is 22.8. The third-order valence-electron chi connectivity index (χ3n) is 8.62. The van der Waals surface area contributed by atoms with E-state index in [4.69, 9.17) is 0 Å². The molecule has 0 fully saturated rings. The molecule has 9 aromatic rings. The molecule has 0 spiro atoms. The van der Waals surface area contributed by atoms with Gasteiger partial charge in [-0.3, -0.25) is 0 Å². The maximum absolute atomic E-state index is 2.43. The monoisotopic (exact) mass is 624 g/mol. The minimum atomic E-state index is 1.13. The van der Waals surface area contributed by atoms with Crippen molar-refractivity contribution in [3.63, 3.8) is 0 Å². The van der Waals surface area contributed by atoms with Crippen LogP contribution in [-0.4, -0.2) is 0 Å². The Morgan fingerprint density at radius 2 is 0.826 bits per heavy atom. The highest BCUT2D eigenvalue weighted by Crippen LogP contribution is 2.47. The Morgan fingerprint density at radius 1 is 0.304 bits per heavy atom. The van der Waals surface area contributed by atoms with Gasteiger partial charge < -0.3 is 9.80 Å². The minimum Gasteiger partial charge on any atom is -0.310 e. The summed E-state index contributed by atoms with van der Waals surface area (Å²) < 4.78 is 5.17. The second kappa shape index (κ2) is 11.2. The average Bonchev–Trinajstić information content (AvgIpc) is 3.68. The predicted molar refractivity (Wildman–Crippen MR) is 202 cm³/mol. The van der Waals surface area contributed by atoms with Gasteiger partial charge in [0, 0.05) is 68.8 Å². The highest BCUT2D eigenvalue weighted by Gasteiger charge is 2.21. The Kier molecular flexibility index (Phi) is 6.55. The SMILES string of the molecule is c1ccc(N(c2ccccc2)c2ccc3sc4cccc(N(c5ccccc5)c5ccc6c(c5)sc5ccccc56)c4c3c2)cc1. The third-order valence-corrected chi connectivity index (χ3v) is 10.9. The summed E-state index contributed by atoms with van der Waals surface area (Å²) >= 11 is 3.72. The van der Waals surface area contributed by atoms with E-state index in [9.17, 15) is 0 Å². The summed E-state index contributed by atoms with van der Waals surface area (Å²) in [5.74, 6) is 0. The van der Waals surface area contributed by atoms with Crippen molar-refractivity contribution in [2.45, 2.75) is 0 Å². The van der Waals surface area contributed by atoms with Crippen LogP contribution in [0, 0.1) is 0 Å². The van der Waals surface area contributed by atoms with E-state index in [0.717, 1.165) is 28.4 Å². The van der Waals surface area contributed by atoms with Gasteiger partial charge in [-0.1, -0.05) is 84.9 Å². The lowest BCUT2D eigenvalue weighted by Crippen LogP contribution is -2.10. The summed E-state index contributed by atoms with van der Waals surface area (Å²) in [7, 11) is 0. The van der Waals surface area contributed by atoms with E-state index in [2.05, 4.69) is 180 Å². The Bertz CT molecular complexity index is 2440.